The van der Waals surface area contributed by atoms with Gasteiger partial charge in [-0.3, -0.25) is 0 Å². The minimum atomic E-state index is 0.306. The first-order chi connectivity index (χ1) is 9.31. The molecule has 0 heterocycles. The van der Waals surface area contributed by atoms with Crippen molar-refractivity contribution in [3.05, 3.63) is 0 Å². The number of nitrogens with one attached hydrogen (secondary N) is 1. The van der Waals surface area contributed by atoms with E-state index in [1.165, 1.54) is 0 Å². The monoisotopic (exact) mass is 277 g/mol. The molecular weight excluding hydrogens is 246 g/mol. The van der Waals surface area contributed by atoms with Crippen molar-refractivity contribution in [3.8, 4) is 0 Å². The Hall–Kier alpha value is -0.200. The summed E-state index contributed by atoms with van der Waals surface area (Å²) in [6, 6.07) is 0. The van der Waals surface area contributed by atoms with Crippen molar-refractivity contribution in [2.45, 2.75) is 32.8 Å². The average molecular weight is 277 g/mol. The molecule has 0 aromatic carbocycles. The van der Waals surface area contributed by atoms with E-state index in [1.807, 2.05) is 0 Å². The van der Waals surface area contributed by atoms with Crippen molar-refractivity contribution in [1.82, 2.24) is 5.32 Å². The van der Waals surface area contributed by atoms with Crippen LogP contribution in [-0.4, -0.2) is 65.9 Å². The van der Waals surface area contributed by atoms with E-state index in [1.54, 1.807) is 7.11 Å². The average Bonchev–Trinajstić information content (AvgIpc) is 2.42. The molecule has 5 nitrogen and oxygen atoms in total. The van der Waals surface area contributed by atoms with Crippen LogP contribution in [0.3, 0.4) is 0 Å². The SMILES string of the molecule is CCNCCCC(C)OCCOCCOCCOC. The highest BCUT2D eigenvalue weighted by Crippen LogP contribution is 2.00. The zero-order valence-corrected chi connectivity index (χ0v) is 12.8. The Bertz CT molecular complexity index is 170. The van der Waals surface area contributed by atoms with Gasteiger partial charge in [0.15, 0.2) is 0 Å². The van der Waals surface area contributed by atoms with Crippen LogP contribution in [0.15, 0.2) is 0 Å². The molecule has 0 radical (unpaired) electrons. The second kappa shape index (κ2) is 15.9. The van der Waals surface area contributed by atoms with Crippen LogP contribution in [-0.2, 0) is 18.9 Å². The number of rotatable bonds is 15. The van der Waals surface area contributed by atoms with Crippen LogP contribution < -0.4 is 5.32 Å². The molecule has 116 valence electrons. The quantitative estimate of drug-likeness (QED) is 0.459. The van der Waals surface area contributed by atoms with Gasteiger partial charge >= 0.3 is 0 Å². The highest BCUT2D eigenvalue weighted by Gasteiger charge is 2.01. The zero-order chi connectivity index (χ0) is 14.2. The number of ether oxygens (including phenoxy) is 4. The summed E-state index contributed by atoms with van der Waals surface area (Å²) in [7, 11) is 1.66. The van der Waals surface area contributed by atoms with Crippen molar-refractivity contribution in [2.75, 3.05) is 59.8 Å². The predicted octanol–water partition coefficient (Wildman–Crippen LogP) is 1.46. The molecule has 0 aliphatic carbocycles. The van der Waals surface area contributed by atoms with E-state index in [0.717, 1.165) is 25.9 Å². The lowest BCUT2D eigenvalue weighted by molar-refractivity contribution is -0.0139. The van der Waals surface area contributed by atoms with Crippen LogP contribution in [0.25, 0.3) is 0 Å². The molecule has 0 saturated carbocycles. The molecule has 0 aromatic rings. The molecule has 0 amide bonds. The smallest absolute Gasteiger partial charge is 0.0704 e. The van der Waals surface area contributed by atoms with Crippen LogP contribution >= 0.6 is 0 Å². The van der Waals surface area contributed by atoms with Crippen molar-refractivity contribution in [2.24, 2.45) is 0 Å². The topological polar surface area (TPSA) is 49.0 Å². The fraction of sp³-hybridized carbons (Fsp3) is 1.00. The number of methoxy groups -OCH3 is 1. The summed E-state index contributed by atoms with van der Waals surface area (Å²) in [5.74, 6) is 0. The molecule has 1 unspecified atom stereocenters. The minimum absolute atomic E-state index is 0.306. The third kappa shape index (κ3) is 15.7. The Labute approximate surface area is 117 Å². The van der Waals surface area contributed by atoms with E-state index in [-0.39, 0.29) is 0 Å². The van der Waals surface area contributed by atoms with Crippen LogP contribution in [0.2, 0.25) is 0 Å². The van der Waals surface area contributed by atoms with Gasteiger partial charge in [0.05, 0.1) is 45.7 Å². The van der Waals surface area contributed by atoms with Gasteiger partial charge in [-0.25, -0.2) is 0 Å². The molecule has 0 bridgehead atoms. The third-order valence-corrected chi connectivity index (χ3v) is 2.65. The van der Waals surface area contributed by atoms with Gasteiger partial charge in [-0.1, -0.05) is 6.92 Å². The zero-order valence-electron chi connectivity index (χ0n) is 12.8. The molecule has 0 aliphatic rings. The maximum Gasteiger partial charge on any atom is 0.0704 e. The minimum Gasteiger partial charge on any atom is -0.382 e. The van der Waals surface area contributed by atoms with Crippen molar-refractivity contribution in [1.29, 1.82) is 0 Å². The van der Waals surface area contributed by atoms with E-state index in [2.05, 4.69) is 19.2 Å². The van der Waals surface area contributed by atoms with Crippen LogP contribution in [0.4, 0.5) is 0 Å². The van der Waals surface area contributed by atoms with Gasteiger partial charge in [-0.15, -0.1) is 0 Å². The van der Waals surface area contributed by atoms with E-state index in [4.69, 9.17) is 18.9 Å². The fourth-order valence-corrected chi connectivity index (χ4v) is 1.55. The Kier molecular flexibility index (Phi) is 15.7. The predicted molar refractivity (Wildman–Crippen MR) is 76.7 cm³/mol. The number of hydrogen-bond acceptors (Lipinski definition) is 5. The molecule has 0 aromatic heterocycles. The molecule has 0 rings (SSSR count). The molecule has 1 N–H and O–H groups in total. The van der Waals surface area contributed by atoms with Gasteiger partial charge in [-0.2, -0.15) is 0 Å². The first kappa shape index (κ1) is 18.8. The summed E-state index contributed by atoms with van der Waals surface area (Å²) in [6.07, 6.45) is 2.55. The first-order valence-electron chi connectivity index (χ1n) is 7.28. The lowest BCUT2D eigenvalue weighted by Crippen LogP contribution is -2.18. The Morgan fingerprint density at radius 1 is 0.947 bits per heavy atom. The van der Waals surface area contributed by atoms with Gasteiger partial charge in [0.2, 0.25) is 0 Å². The maximum atomic E-state index is 5.65. The molecule has 0 aliphatic heterocycles. The van der Waals surface area contributed by atoms with E-state index in [0.29, 0.717) is 45.7 Å². The highest BCUT2D eigenvalue weighted by molar-refractivity contribution is 4.53. The third-order valence-electron chi connectivity index (χ3n) is 2.65. The summed E-state index contributed by atoms with van der Waals surface area (Å²) in [4.78, 5) is 0. The maximum absolute atomic E-state index is 5.65. The van der Waals surface area contributed by atoms with Crippen molar-refractivity contribution in [3.63, 3.8) is 0 Å². The normalized spacial score (nSPS) is 12.8. The molecule has 5 heteroatoms. The molecule has 0 spiro atoms. The molecule has 1 atom stereocenters. The Morgan fingerprint density at radius 3 is 2.21 bits per heavy atom. The van der Waals surface area contributed by atoms with Gasteiger partial charge < -0.3 is 24.3 Å². The second-order valence-electron chi connectivity index (χ2n) is 4.39. The largest absolute Gasteiger partial charge is 0.382 e. The van der Waals surface area contributed by atoms with Gasteiger partial charge in [0, 0.05) is 7.11 Å². The number of hydrogen-bond donors (Lipinski definition) is 1. The van der Waals surface area contributed by atoms with E-state index in [9.17, 15) is 0 Å². The van der Waals surface area contributed by atoms with E-state index < -0.39 is 0 Å². The summed E-state index contributed by atoms with van der Waals surface area (Å²) in [6.45, 7) is 10.1. The summed E-state index contributed by atoms with van der Waals surface area (Å²) in [5, 5.41) is 3.31. The first-order valence-corrected chi connectivity index (χ1v) is 7.28. The van der Waals surface area contributed by atoms with Crippen LogP contribution in [0, 0.1) is 0 Å². The lowest BCUT2D eigenvalue weighted by atomic mass is 10.2. The van der Waals surface area contributed by atoms with E-state index >= 15 is 0 Å². The van der Waals surface area contributed by atoms with Crippen molar-refractivity contribution >= 4 is 0 Å². The Balaban J connectivity index is 3.07. The molecule has 0 fully saturated rings. The standard InChI is InChI=1S/C14H31NO4/c1-4-15-7-5-6-14(2)19-13-12-18-11-10-17-9-8-16-3/h14-15H,4-13H2,1-3H3. The van der Waals surface area contributed by atoms with Crippen LogP contribution in [0.1, 0.15) is 26.7 Å². The van der Waals surface area contributed by atoms with Gasteiger partial charge in [0.25, 0.3) is 0 Å². The lowest BCUT2D eigenvalue weighted by Gasteiger charge is -2.13. The molecular formula is C14H31NO4. The fourth-order valence-electron chi connectivity index (χ4n) is 1.55. The van der Waals surface area contributed by atoms with Crippen LogP contribution in [0.5, 0.6) is 0 Å². The Morgan fingerprint density at radius 2 is 1.58 bits per heavy atom. The molecule has 19 heavy (non-hydrogen) atoms. The summed E-state index contributed by atoms with van der Waals surface area (Å²) < 4.78 is 21.2. The van der Waals surface area contributed by atoms with Crippen molar-refractivity contribution < 1.29 is 18.9 Å². The van der Waals surface area contributed by atoms with Gasteiger partial charge in [0.1, 0.15) is 0 Å². The summed E-state index contributed by atoms with van der Waals surface area (Å²) in [5.41, 5.74) is 0. The second-order valence-corrected chi connectivity index (χ2v) is 4.39. The van der Waals surface area contributed by atoms with Gasteiger partial charge in [-0.05, 0) is 32.9 Å². The summed E-state index contributed by atoms with van der Waals surface area (Å²) >= 11 is 0. The highest BCUT2D eigenvalue weighted by atomic mass is 16.6. The molecule has 0 saturated heterocycles.